The number of amides is 1. The summed E-state index contributed by atoms with van der Waals surface area (Å²) in [7, 11) is 0. The highest BCUT2D eigenvalue weighted by molar-refractivity contribution is 5.93. The molecule has 3 rings (SSSR count). The molecular weight excluding hydrogens is 270 g/mol. The molecule has 5 nitrogen and oxygen atoms in total. The first kappa shape index (κ1) is 13.9. The summed E-state index contributed by atoms with van der Waals surface area (Å²) < 4.78 is 10.5. The number of nitrogens with zero attached hydrogens (tertiary/aromatic N) is 1. The molecule has 1 aliphatic heterocycles. The van der Waals surface area contributed by atoms with E-state index in [1.54, 1.807) is 29.4 Å². The average molecular weight is 289 g/mol. The van der Waals surface area contributed by atoms with Crippen molar-refractivity contribution < 1.29 is 18.7 Å². The van der Waals surface area contributed by atoms with Crippen LogP contribution in [0.15, 0.2) is 39.6 Å². The van der Waals surface area contributed by atoms with Gasteiger partial charge in [-0.3, -0.25) is 4.79 Å². The largest absolute Gasteiger partial charge is 0.467 e. The van der Waals surface area contributed by atoms with Crippen molar-refractivity contribution in [2.24, 2.45) is 0 Å². The number of furan rings is 2. The Morgan fingerprint density at radius 3 is 2.95 bits per heavy atom. The molecule has 0 aromatic carbocycles. The van der Waals surface area contributed by atoms with E-state index in [0.717, 1.165) is 18.4 Å². The lowest BCUT2D eigenvalue weighted by molar-refractivity contribution is 0.0612. The van der Waals surface area contributed by atoms with Gasteiger partial charge in [0.15, 0.2) is 5.76 Å². The van der Waals surface area contributed by atoms with Crippen LogP contribution >= 0.6 is 0 Å². The molecule has 2 unspecified atom stereocenters. The molecule has 1 aliphatic rings. The van der Waals surface area contributed by atoms with E-state index in [1.165, 1.54) is 6.26 Å². The molecule has 1 N–H and O–H groups in total. The molecule has 112 valence electrons. The molecule has 1 amide bonds. The molecule has 0 saturated carbocycles. The molecule has 1 saturated heterocycles. The summed E-state index contributed by atoms with van der Waals surface area (Å²) in [5.41, 5.74) is 0.845. The summed E-state index contributed by atoms with van der Waals surface area (Å²) >= 11 is 0. The molecule has 0 radical (unpaired) electrons. The van der Waals surface area contributed by atoms with E-state index in [0.29, 0.717) is 24.5 Å². The monoisotopic (exact) mass is 289 g/mol. The van der Waals surface area contributed by atoms with Crippen molar-refractivity contribution in [3.63, 3.8) is 0 Å². The van der Waals surface area contributed by atoms with Gasteiger partial charge in [0.25, 0.3) is 5.91 Å². The third kappa shape index (κ3) is 2.74. The van der Waals surface area contributed by atoms with E-state index in [-0.39, 0.29) is 11.9 Å². The fourth-order valence-electron chi connectivity index (χ4n) is 2.93. The molecule has 2 aromatic rings. The Bertz CT molecular complexity index is 602. The lowest BCUT2D eigenvalue weighted by Gasteiger charge is -2.25. The molecular formula is C16H19NO4. The van der Waals surface area contributed by atoms with Crippen LogP contribution in [0.5, 0.6) is 0 Å². The number of aryl methyl sites for hydroxylation is 1. The lowest BCUT2D eigenvalue weighted by atomic mass is 10.0. The second-order valence-corrected chi connectivity index (χ2v) is 5.49. The van der Waals surface area contributed by atoms with Gasteiger partial charge in [-0.2, -0.15) is 0 Å². The third-order valence-corrected chi connectivity index (χ3v) is 4.06. The number of hydrogen-bond acceptors (Lipinski definition) is 4. The maximum absolute atomic E-state index is 12.5. The van der Waals surface area contributed by atoms with Crippen molar-refractivity contribution in [2.75, 3.05) is 6.54 Å². The first-order valence-corrected chi connectivity index (χ1v) is 7.23. The van der Waals surface area contributed by atoms with Crippen molar-refractivity contribution in [1.82, 2.24) is 4.90 Å². The van der Waals surface area contributed by atoms with Gasteiger partial charge in [0.05, 0.1) is 12.5 Å². The molecule has 5 heteroatoms. The Morgan fingerprint density at radius 1 is 1.43 bits per heavy atom. The van der Waals surface area contributed by atoms with Crippen LogP contribution in [0.4, 0.5) is 0 Å². The third-order valence-electron chi connectivity index (χ3n) is 4.06. The van der Waals surface area contributed by atoms with Gasteiger partial charge in [-0.1, -0.05) is 0 Å². The quantitative estimate of drug-likeness (QED) is 0.939. The molecule has 0 spiro atoms. The second-order valence-electron chi connectivity index (χ2n) is 5.49. The predicted molar refractivity (Wildman–Crippen MR) is 75.8 cm³/mol. The number of carbonyl (C=O) groups is 1. The Labute approximate surface area is 123 Å². The average Bonchev–Trinajstić information content (AvgIpc) is 3.19. The number of hydrogen-bond donors (Lipinski definition) is 1. The van der Waals surface area contributed by atoms with Crippen LogP contribution in [0, 0.1) is 6.92 Å². The highest BCUT2D eigenvalue weighted by atomic mass is 16.4. The summed E-state index contributed by atoms with van der Waals surface area (Å²) in [4.78, 5) is 14.3. The number of aliphatic hydroxyl groups is 1. The van der Waals surface area contributed by atoms with Crippen LogP contribution in [-0.2, 0) is 0 Å². The standard InChI is InChI=1S/C16H19NO4/c1-11-6-9-21-15(11)16(19)17-7-2-4-12(17)10-13(18)14-5-3-8-20-14/h3,5-6,8-9,12-13,18H,2,4,7,10H2,1H3. The van der Waals surface area contributed by atoms with Crippen molar-refractivity contribution in [1.29, 1.82) is 0 Å². The molecule has 2 aromatic heterocycles. The number of rotatable bonds is 4. The predicted octanol–water partition coefficient (Wildman–Crippen LogP) is 2.91. The zero-order valence-corrected chi connectivity index (χ0v) is 12.0. The fraction of sp³-hybridized carbons (Fsp3) is 0.438. The van der Waals surface area contributed by atoms with Gasteiger partial charge in [-0.15, -0.1) is 0 Å². The summed E-state index contributed by atoms with van der Waals surface area (Å²) in [6.45, 7) is 2.56. The maximum atomic E-state index is 12.5. The van der Waals surface area contributed by atoms with Crippen LogP contribution in [0.3, 0.4) is 0 Å². The summed E-state index contributed by atoms with van der Waals surface area (Å²) in [5, 5.41) is 10.2. The number of aliphatic hydroxyl groups excluding tert-OH is 1. The first-order valence-electron chi connectivity index (χ1n) is 7.23. The van der Waals surface area contributed by atoms with Crippen LogP contribution < -0.4 is 0 Å². The molecule has 3 heterocycles. The minimum atomic E-state index is -0.684. The highest BCUT2D eigenvalue weighted by Crippen LogP contribution is 2.29. The van der Waals surface area contributed by atoms with Crippen LogP contribution in [-0.4, -0.2) is 28.5 Å². The molecule has 21 heavy (non-hydrogen) atoms. The van der Waals surface area contributed by atoms with Crippen LogP contribution in [0.25, 0.3) is 0 Å². The van der Waals surface area contributed by atoms with E-state index in [9.17, 15) is 9.90 Å². The minimum Gasteiger partial charge on any atom is -0.467 e. The van der Waals surface area contributed by atoms with Crippen molar-refractivity contribution >= 4 is 5.91 Å². The van der Waals surface area contributed by atoms with Crippen molar-refractivity contribution in [3.05, 3.63) is 47.8 Å². The molecule has 1 fully saturated rings. The fourth-order valence-corrected chi connectivity index (χ4v) is 2.93. The highest BCUT2D eigenvalue weighted by Gasteiger charge is 2.33. The maximum Gasteiger partial charge on any atom is 0.290 e. The van der Waals surface area contributed by atoms with Crippen LogP contribution in [0.2, 0.25) is 0 Å². The van der Waals surface area contributed by atoms with Gasteiger partial charge in [0.1, 0.15) is 11.9 Å². The van der Waals surface area contributed by atoms with Gasteiger partial charge in [0, 0.05) is 24.6 Å². The van der Waals surface area contributed by atoms with Crippen molar-refractivity contribution in [3.8, 4) is 0 Å². The van der Waals surface area contributed by atoms with E-state index < -0.39 is 6.10 Å². The smallest absolute Gasteiger partial charge is 0.290 e. The summed E-state index contributed by atoms with van der Waals surface area (Å²) in [6, 6.07) is 5.31. The topological polar surface area (TPSA) is 66.8 Å². The van der Waals surface area contributed by atoms with Crippen LogP contribution in [0.1, 0.15) is 47.2 Å². The Balaban J connectivity index is 1.71. The Kier molecular flexibility index (Phi) is 3.84. The van der Waals surface area contributed by atoms with E-state index >= 15 is 0 Å². The SMILES string of the molecule is Cc1ccoc1C(=O)N1CCCC1CC(O)c1ccco1. The molecule has 2 atom stereocenters. The van der Waals surface area contributed by atoms with E-state index in [2.05, 4.69) is 0 Å². The minimum absolute atomic E-state index is 0.0158. The lowest BCUT2D eigenvalue weighted by Crippen LogP contribution is -2.36. The number of likely N-dealkylation sites (tertiary alicyclic amines) is 1. The van der Waals surface area contributed by atoms with E-state index in [1.807, 2.05) is 6.92 Å². The Morgan fingerprint density at radius 2 is 2.29 bits per heavy atom. The summed E-state index contributed by atoms with van der Waals surface area (Å²) in [6.07, 6.45) is 4.72. The Hall–Kier alpha value is -2.01. The number of carbonyl (C=O) groups excluding carboxylic acids is 1. The van der Waals surface area contributed by atoms with E-state index in [4.69, 9.17) is 8.83 Å². The molecule has 0 aliphatic carbocycles. The second kappa shape index (κ2) is 5.77. The normalized spacial score (nSPS) is 19.9. The van der Waals surface area contributed by atoms with Gasteiger partial charge < -0.3 is 18.8 Å². The zero-order chi connectivity index (χ0) is 14.8. The summed E-state index contributed by atoms with van der Waals surface area (Å²) in [5.74, 6) is 0.851. The van der Waals surface area contributed by atoms with Crippen molar-refractivity contribution in [2.45, 2.75) is 38.3 Å². The van der Waals surface area contributed by atoms with Gasteiger partial charge >= 0.3 is 0 Å². The molecule has 0 bridgehead atoms. The first-order chi connectivity index (χ1) is 10.2. The van der Waals surface area contributed by atoms with Gasteiger partial charge in [-0.05, 0) is 38.0 Å². The van der Waals surface area contributed by atoms with Gasteiger partial charge in [-0.25, -0.2) is 0 Å². The van der Waals surface area contributed by atoms with Gasteiger partial charge in [0.2, 0.25) is 0 Å². The zero-order valence-electron chi connectivity index (χ0n) is 12.0.